The van der Waals surface area contributed by atoms with Gasteiger partial charge in [0.05, 0.1) is 28.4 Å². The standard InChI is InChI=1S/C26H18Cl2N2OS/c1-31-20-10-8-19(9-11-20)25-14-21(18-5-3-2-4-6-18)22(15-29)26(30-25)32-16-17-7-12-23(27)24(28)13-17/h2-14H,16H2,1H3. The van der Waals surface area contributed by atoms with Crippen LogP contribution >= 0.6 is 35.0 Å². The van der Waals surface area contributed by atoms with Crippen LogP contribution in [0.2, 0.25) is 10.0 Å². The molecule has 0 N–H and O–H groups in total. The third kappa shape index (κ3) is 4.92. The van der Waals surface area contributed by atoms with Crippen LogP contribution in [0, 0.1) is 11.3 Å². The number of aromatic nitrogens is 1. The number of nitriles is 1. The summed E-state index contributed by atoms with van der Waals surface area (Å²) < 4.78 is 5.28. The molecule has 6 heteroatoms. The Labute approximate surface area is 201 Å². The Bertz CT molecular complexity index is 1290. The number of ether oxygens (including phenoxy) is 1. The minimum Gasteiger partial charge on any atom is -0.497 e. The molecule has 0 aliphatic heterocycles. The van der Waals surface area contributed by atoms with Crippen LogP contribution < -0.4 is 4.74 Å². The van der Waals surface area contributed by atoms with E-state index in [1.54, 1.807) is 13.2 Å². The third-order valence-electron chi connectivity index (χ3n) is 4.93. The molecule has 0 radical (unpaired) electrons. The lowest BCUT2D eigenvalue weighted by atomic mass is 9.99. The van der Waals surface area contributed by atoms with E-state index in [0.717, 1.165) is 33.7 Å². The van der Waals surface area contributed by atoms with Crippen molar-refractivity contribution in [2.24, 2.45) is 0 Å². The lowest BCUT2D eigenvalue weighted by Gasteiger charge is -2.13. The molecular weight excluding hydrogens is 459 g/mol. The van der Waals surface area contributed by atoms with Crippen molar-refractivity contribution in [1.82, 2.24) is 4.98 Å². The maximum absolute atomic E-state index is 10.0. The monoisotopic (exact) mass is 476 g/mol. The van der Waals surface area contributed by atoms with Crippen molar-refractivity contribution in [3.8, 4) is 34.2 Å². The molecule has 0 unspecified atom stereocenters. The molecule has 1 heterocycles. The zero-order valence-electron chi connectivity index (χ0n) is 17.2. The summed E-state index contributed by atoms with van der Waals surface area (Å²) in [5, 5.41) is 11.7. The number of thioether (sulfide) groups is 1. The van der Waals surface area contributed by atoms with E-state index in [-0.39, 0.29) is 0 Å². The Morgan fingerprint density at radius 3 is 2.31 bits per heavy atom. The summed E-state index contributed by atoms with van der Waals surface area (Å²) >= 11 is 13.7. The molecule has 0 aliphatic carbocycles. The zero-order valence-corrected chi connectivity index (χ0v) is 19.5. The quantitative estimate of drug-likeness (QED) is 0.265. The van der Waals surface area contributed by atoms with Crippen molar-refractivity contribution >= 4 is 35.0 Å². The molecule has 4 aromatic rings. The number of methoxy groups -OCH3 is 1. The predicted molar refractivity (Wildman–Crippen MR) is 132 cm³/mol. The fourth-order valence-electron chi connectivity index (χ4n) is 3.27. The van der Waals surface area contributed by atoms with Gasteiger partial charge < -0.3 is 4.74 Å². The third-order valence-corrected chi connectivity index (χ3v) is 6.71. The largest absolute Gasteiger partial charge is 0.497 e. The van der Waals surface area contributed by atoms with E-state index in [1.165, 1.54) is 11.8 Å². The lowest BCUT2D eigenvalue weighted by Crippen LogP contribution is -1.96. The molecule has 1 aromatic heterocycles. The highest BCUT2D eigenvalue weighted by molar-refractivity contribution is 7.98. The number of benzene rings is 3. The van der Waals surface area contributed by atoms with E-state index in [1.807, 2.05) is 72.8 Å². The van der Waals surface area contributed by atoms with Gasteiger partial charge in [-0.05, 0) is 53.6 Å². The number of nitrogens with zero attached hydrogens (tertiary/aromatic N) is 2. The second-order valence-corrected chi connectivity index (χ2v) is 8.76. The van der Waals surface area contributed by atoms with Gasteiger partial charge in [0.2, 0.25) is 0 Å². The van der Waals surface area contributed by atoms with Gasteiger partial charge in [-0.25, -0.2) is 4.98 Å². The first kappa shape index (κ1) is 22.2. The predicted octanol–water partition coefficient (Wildman–Crippen LogP) is 7.89. The highest BCUT2D eigenvalue weighted by Gasteiger charge is 2.16. The Morgan fingerprint density at radius 2 is 1.66 bits per heavy atom. The van der Waals surface area contributed by atoms with Crippen LogP contribution in [0.5, 0.6) is 5.75 Å². The minimum absolute atomic E-state index is 0.509. The molecule has 0 aliphatic rings. The molecule has 32 heavy (non-hydrogen) atoms. The maximum atomic E-state index is 10.0. The molecular formula is C26H18Cl2N2OS. The number of rotatable bonds is 6. The Kier molecular flexibility index (Phi) is 7.02. The molecule has 0 fully saturated rings. The number of hydrogen-bond donors (Lipinski definition) is 0. The minimum atomic E-state index is 0.509. The van der Waals surface area contributed by atoms with Gasteiger partial charge in [-0.3, -0.25) is 0 Å². The van der Waals surface area contributed by atoms with E-state index in [2.05, 4.69) is 6.07 Å². The first-order valence-electron chi connectivity index (χ1n) is 9.80. The molecule has 0 amide bonds. The molecule has 0 saturated heterocycles. The summed E-state index contributed by atoms with van der Waals surface area (Å²) in [5.41, 5.74) is 5.12. The molecule has 0 spiro atoms. The van der Waals surface area contributed by atoms with Gasteiger partial charge in [-0.15, -0.1) is 11.8 Å². The van der Waals surface area contributed by atoms with Crippen LogP contribution in [0.15, 0.2) is 83.9 Å². The maximum Gasteiger partial charge on any atom is 0.118 e. The highest BCUT2D eigenvalue weighted by atomic mass is 35.5. The summed E-state index contributed by atoms with van der Waals surface area (Å²) in [6.45, 7) is 0. The van der Waals surface area contributed by atoms with Crippen molar-refractivity contribution in [3.05, 3.63) is 100 Å². The Hall–Kier alpha value is -2.97. The molecule has 0 atom stereocenters. The van der Waals surface area contributed by atoms with Crippen molar-refractivity contribution in [3.63, 3.8) is 0 Å². The first-order chi connectivity index (χ1) is 15.6. The normalized spacial score (nSPS) is 10.6. The molecule has 3 nitrogen and oxygen atoms in total. The Morgan fingerprint density at radius 1 is 0.906 bits per heavy atom. The van der Waals surface area contributed by atoms with E-state index in [9.17, 15) is 5.26 Å². The molecule has 0 bridgehead atoms. The van der Waals surface area contributed by atoms with Gasteiger partial charge in [0.1, 0.15) is 16.8 Å². The van der Waals surface area contributed by atoms with E-state index in [0.29, 0.717) is 26.4 Å². The van der Waals surface area contributed by atoms with Crippen molar-refractivity contribution in [2.45, 2.75) is 10.8 Å². The molecule has 0 saturated carbocycles. The number of hydrogen-bond acceptors (Lipinski definition) is 4. The summed E-state index contributed by atoms with van der Waals surface area (Å²) in [5.74, 6) is 1.39. The summed E-state index contributed by atoms with van der Waals surface area (Å²) in [4.78, 5) is 4.85. The van der Waals surface area contributed by atoms with Gasteiger partial charge in [0.25, 0.3) is 0 Å². The second kappa shape index (κ2) is 10.1. The number of halogens is 2. The van der Waals surface area contributed by atoms with Crippen molar-refractivity contribution in [1.29, 1.82) is 5.26 Å². The SMILES string of the molecule is COc1ccc(-c2cc(-c3ccccc3)c(C#N)c(SCc3ccc(Cl)c(Cl)c3)n2)cc1. The fraction of sp³-hybridized carbons (Fsp3) is 0.0769. The van der Waals surface area contributed by atoms with Crippen LogP contribution in [-0.4, -0.2) is 12.1 Å². The highest BCUT2D eigenvalue weighted by Crippen LogP contribution is 2.36. The van der Waals surface area contributed by atoms with E-state index in [4.69, 9.17) is 32.9 Å². The average Bonchev–Trinajstić information content (AvgIpc) is 2.84. The van der Waals surface area contributed by atoms with Crippen LogP contribution in [0.25, 0.3) is 22.4 Å². The topological polar surface area (TPSA) is 45.9 Å². The fourth-order valence-corrected chi connectivity index (χ4v) is 4.54. The van der Waals surface area contributed by atoms with Gasteiger partial charge in [-0.1, -0.05) is 59.6 Å². The van der Waals surface area contributed by atoms with Crippen LogP contribution in [0.3, 0.4) is 0 Å². The molecule has 3 aromatic carbocycles. The lowest BCUT2D eigenvalue weighted by molar-refractivity contribution is 0.415. The Balaban J connectivity index is 1.79. The van der Waals surface area contributed by atoms with Crippen molar-refractivity contribution in [2.75, 3.05) is 7.11 Å². The summed E-state index contributed by atoms with van der Waals surface area (Å²) in [6, 6.07) is 27.5. The summed E-state index contributed by atoms with van der Waals surface area (Å²) in [7, 11) is 1.64. The van der Waals surface area contributed by atoms with E-state index < -0.39 is 0 Å². The molecule has 4 rings (SSSR count). The van der Waals surface area contributed by atoms with Gasteiger partial charge in [0, 0.05) is 16.9 Å². The van der Waals surface area contributed by atoms with Crippen molar-refractivity contribution < 1.29 is 4.74 Å². The zero-order chi connectivity index (χ0) is 22.5. The van der Waals surface area contributed by atoms with Gasteiger partial charge in [0.15, 0.2) is 0 Å². The van der Waals surface area contributed by atoms with Crippen LogP contribution in [0.1, 0.15) is 11.1 Å². The van der Waals surface area contributed by atoms with Gasteiger partial charge >= 0.3 is 0 Å². The van der Waals surface area contributed by atoms with E-state index >= 15 is 0 Å². The first-order valence-corrected chi connectivity index (χ1v) is 11.5. The molecule has 158 valence electrons. The smallest absolute Gasteiger partial charge is 0.118 e. The van der Waals surface area contributed by atoms with Gasteiger partial charge in [-0.2, -0.15) is 5.26 Å². The number of pyridine rings is 1. The van der Waals surface area contributed by atoms with Crippen LogP contribution in [-0.2, 0) is 5.75 Å². The van der Waals surface area contributed by atoms with Crippen LogP contribution in [0.4, 0.5) is 0 Å². The average molecular weight is 477 g/mol. The second-order valence-electron chi connectivity index (χ2n) is 6.98. The summed E-state index contributed by atoms with van der Waals surface area (Å²) in [6.07, 6.45) is 0.